The second kappa shape index (κ2) is 9.05. The first-order valence-electron chi connectivity index (χ1n) is 8.03. The van der Waals surface area contributed by atoms with Gasteiger partial charge in [-0.2, -0.15) is 0 Å². The molecule has 7 nitrogen and oxygen atoms in total. The number of amides is 3. The Bertz CT molecular complexity index is 607. The lowest BCUT2D eigenvalue weighted by Crippen LogP contribution is -2.53. The van der Waals surface area contributed by atoms with Gasteiger partial charge in [0.15, 0.2) is 11.6 Å². The zero-order valence-electron chi connectivity index (χ0n) is 14.0. The number of carbonyl (C=O) groups excluding carboxylic acids is 2. The van der Waals surface area contributed by atoms with E-state index in [2.05, 4.69) is 5.32 Å². The quantitative estimate of drug-likeness (QED) is 0.816. The van der Waals surface area contributed by atoms with Crippen molar-refractivity contribution in [3.63, 3.8) is 0 Å². The smallest absolute Gasteiger partial charge is 0.409 e. The van der Waals surface area contributed by atoms with E-state index in [0.717, 1.165) is 12.1 Å². The summed E-state index contributed by atoms with van der Waals surface area (Å²) in [5, 5.41) is 2.65. The summed E-state index contributed by atoms with van der Waals surface area (Å²) in [6, 6.07) is 2.74. The lowest BCUT2D eigenvalue weighted by Gasteiger charge is -2.33. The first-order valence-corrected chi connectivity index (χ1v) is 8.03. The van der Waals surface area contributed by atoms with Crippen LogP contribution in [0.4, 0.5) is 18.4 Å². The van der Waals surface area contributed by atoms with Gasteiger partial charge in [0.2, 0.25) is 0 Å². The van der Waals surface area contributed by atoms with E-state index >= 15 is 0 Å². The molecule has 0 saturated carbocycles. The molecule has 0 radical (unpaired) electrons. The molecule has 1 heterocycles. The minimum absolute atomic E-state index is 0.0527. The molecular formula is C16H21F2N3O4. The highest BCUT2D eigenvalue weighted by atomic mass is 19.1. The molecule has 0 spiro atoms. The second-order valence-corrected chi connectivity index (χ2v) is 5.33. The number of hydrogen-bond donors (Lipinski definition) is 1. The van der Waals surface area contributed by atoms with Crippen molar-refractivity contribution < 1.29 is 27.8 Å². The number of halogens is 2. The molecule has 1 aliphatic heterocycles. The summed E-state index contributed by atoms with van der Waals surface area (Å²) in [7, 11) is 0. The van der Waals surface area contributed by atoms with Crippen LogP contribution < -0.4 is 10.1 Å². The fourth-order valence-corrected chi connectivity index (χ4v) is 2.33. The number of urea groups is 1. The first kappa shape index (κ1) is 18.8. The van der Waals surface area contributed by atoms with Gasteiger partial charge in [0.05, 0.1) is 13.2 Å². The number of hydrogen-bond acceptors (Lipinski definition) is 4. The summed E-state index contributed by atoms with van der Waals surface area (Å²) < 4.78 is 36.2. The van der Waals surface area contributed by atoms with Gasteiger partial charge in [0.1, 0.15) is 12.4 Å². The lowest BCUT2D eigenvalue weighted by atomic mass is 10.3. The molecule has 1 N–H and O–H groups in total. The largest absolute Gasteiger partial charge is 0.489 e. The van der Waals surface area contributed by atoms with E-state index in [4.69, 9.17) is 9.47 Å². The predicted octanol–water partition coefficient (Wildman–Crippen LogP) is 1.83. The first-order chi connectivity index (χ1) is 12.0. The molecule has 0 aliphatic carbocycles. The molecule has 1 fully saturated rings. The maximum absolute atomic E-state index is 13.4. The Kier molecular flexibility index (Phi) is 6.79. The Morgan fingerprint density at radius 3 is 2.48 bits per heavy atom. The molecule has 138 valence electrons. The second-order valence-electron chi connectivity index (χ2n) is 5.33. The molecule has 1 aliphatic rings. The highest BCUT2D eigenvalue weighted by Crippen LogP contribution is 2.17. The van der Waals surface area contributed by atoms with Crippen molar-refractivity contribution >= 4 is 12.1 Å². The van der Waals surface area contributed by atoms with E-state index in [1.165, 1.54) is 6.07 Å². The summed E-state index contributed by atoms with van der Waals surface area (Å²) in [5.74, 6) is -1.54. The van der Waals surface area contributed by atoms with Crippen molar-refractivity contribution in [2.24, 2.45) is 0 Å². The van der Waals surface area contributed by atoms with Crippen molar-refractivity contribution in [2.45, 2.75) is 6.92 Å². The molecule has 0 aromatic heterocycles. The number of benzene rings is 1. The van der Waals surface area contributed by atoms with Gasteiger partial charge in [-0.05, 0) is 19.1 Å². The van der Waals surface area contributed by atoms with E-state index in [0.29, 0.717) is 32.8 Å². The van der Waals surface area contributed by atoms with E-state index in [1.54, 1.807) is 16.7 Å². The van der Waals surface area contributed by atoms with Crippen LogP contribution in [0.15, 0.2) is 18.2 Å². The van der Waals surface area contributed by atoms with Crippen LogP contribution >= 0.6 is 0 Å². The Labute approximate surface area is 144 Å². The number of nitrogens with zero attached hydrogens (tertiary/aromatic N) is 2. The van der Waals surface area contributed by atoms with Crippen LogP contribution in [0.3, 0.4) is 0 Å². The average molecular weight is 357 g/mol. The van der Waals surface area contributed by atoms with Crippen molar-refractivity contribution in [1.82, 2.24) is 15.1 Å². The Balaban J connectivity index is 1.67. The zero-order chi connectivity index (χ0) is 18.2. The molecule has 1 aromatic rings. The molecule has 0 unspecified atom stereocenters. The molecule has 1 aromatic carbocycles. The maximum atomic E-state index is 13.4. The van der Waals surface area contributed by atoms with E-state index in [-0.39, 0.29) is 31.0 Å². The normalized spacial score (nSPS) is 14.2. The number of ether oxygens (including phenoxy) is 2. The lowest BCUT2D eigenvalue weighted by molar-refractivity contribution is 0.0851. The third-order valence-corrected chi connectivity index (χ3v) is 3.62. The minimum Gasteiger partial charge on any atom is -0.489 e. The number of piperazine rings is 1. The summed E-state index contributed by atoms with van der Waals surface area (Å²) in [6.45, 7) is 3.89. The monoisotopic (exact) mass is 357 g/mol. The van der Waals surface area contributed by atoms with Gasteiger partial charge in [0, 0.05) is 32.2 Å². The number of rotatable bonds is 5. The molecule has 9 heteroatoms. The van der Waals surface area contributed by atoms with E-state index in [9.17, 15) is 18.4 Å². The number of nitrogens with one attached hydrogen (secondary N) is 1. The highest BCUT2D eigenvalue weighted by molar-refractivity contribution is 5.75. The van der Waals surface area contributed by atoms with Crippen LogP contribution in [0.1, 0.15) is 6.92 Å². The van der Waals surface area contributed by atoms with Crippen molar-refractivity contribution in [1.29, 1.82) is 0 Å². The van der Waals surface area contributed by atoms with Crippen molar-refractivity contribution in [3.8, 4) is 5.75 Å². The molecule has 25 heavy (non-hydrogen) atoms. The van der Waals surface area contributed by atoms with Crippen LogP contribution in [0.25, 0.3) is 0 Å². The summed E-state index contributed by atoms with van der Waals surface area (Å²) in [4.78, 5) is 26.7. The van der Waals surface area contributed by atoms with Gasteiger partial charge >= 0.3 is 12.1 Å². The molecule has 1 saturated heterocycles. The molecule has 0 atom stereocenters. The Morgan fingerprint density at radius 1 is 1.16 bits per heavy atom. The average Bonchev–Trinajstić information content (AvgIpc) is 2.60. The third-order valence-electron chi connectivity index (χ3n) is 3.62. The van der Waals surface area contributed by atoms with Crippen LogP contribution in [-0.4, -0.2) is 67.9 Å². The summed E-state index contributed by atoms with van der Waals surface area (Å²) in [6.07, 6.45) is -0.378. The van der Waals surface area contributed by atoms with Gasteiger partial charge in [0.25, 0.3) is 0 Å². The Morgan fingerprint density at radius 2 is 1.84 bits per heavy atom. The predicted molar refractivity (Wildman–Crippen MR) is 85.4 cm³/mol. The van der Waals surface area contributed by atoms with Gasteiger partial charge in [-0.25, -0.2) is 18.4 Å². The molecular weight excluding hydrogens is 336 g/mol. The summed E-state index contributed by atoms with van der Waals surface area (Å²) >= 11 is 0. The summed E-state index contributed by atoms with van der Waals surface area (Å²) in [5.41, 5.74) is 0. The third kappa shape index (κ3) is 5.47. The van der Waals surface area contributed by atoms with Crippen molar-refractivity contribution in [2.75, 3.05) is 45.9 Å². The fourth-order valence-electron chi connectivity index (χ4n) is 2.33. The van der Waals surface area contributed by atoms with Crippen LogP contribution in [0, 0.1) is 11.6 Å². The molecule has 3 amide bonds. The minimum atomic E-state index is -0.790. The zero-order valence-corrected chi connectivity index (χ0v) is 14.0. The molecule has 0 bridgehead atoms. The standard InChI is InChI=1S/C16H21F2N3O4/c1-2-24-16(23)21-8-6-20(7-9-21)15(22)19-5-10-25-14-4-3-12(17)11-13(14)18/h3-4,11H,2,5-10H2,1H3,(H,19,22). The van der Waals surface area contributed by atoms with E-state index < -0.39 is 11.6 Å². The van der Waals surface area contributed by atoms with Crippen molar-refractivity contribution in [3.05, 3.63) is 29.8 Å². The van der Waals surface area contributed by atoms with Crippen LogP contribution in [-0.2, 0) is 4.74 Å². The van der Waals surface area contributed by atoms with Gasteiger partial charge in [-0.1, -0.05) is 0 Å². The van der Waals surface area contributed by atoms with Crippen LogP contribution in [0.5, 0.6) is 5.75 Å². The van der Waals surface area contributed by atoms with Crippen LogP contribution in [0.2, 0.25) is 0 Å². The topological polar surface area (TPSA) is 71.1 Å². The van der Waals surface area contributed by atoms with Gasteiger partial charge in [-0.3, -0.25) is 0 Å². The fraction of sp³-hybridized carbons (Fsp3) is 0.500. The maximum Gasteiger partial charge on any atom is 0.409 e. The molecule has 2 rings (SSSR count). The SMILES string of the molecule is CCOC(=O)N1CCN(C(=O)NCCOc2ccc(F)cc2F)CC1. The highest BCUT2D eigenvalue weighted by Gasteiger charge is 2.24. The van der Waals surface area contributed by atoms with Gasteiger partial charge < -0.3 is 24.6 Å². The number of carbonyl (C=O) groups is 2. The Hall–Kier alpha value is -2.58. The van der Waals surface area contributed by atoms with Gasteiger partial charge in [-0.15, -0.1) is 0 Å². The van der Waals surface area contributed by atoms with E-state index in [1.807, 2.05) is 0 Å².